The highest BCUT2D eigenvalue weighted by Crippen LogP contribution is 2.13. The van der Waals surface area contributed by atoms with Gasteiger partial charge in [-0.05, 0) is 12.1 Å². The van der Waals surface area contributed by atoms with Crippen LogP contribution in [0.15, 0.2) is 24.4 Å². The first-order chi connectivity index (χ1) is 9.66. The van der Waals surface area contributed by atoms with Gasteiger partial charge >= 0.3 is 12.0 Å². The fourth-order valence-electron chi connectivity index (χ4n) is 2.01. The van der Waals surface area contributed by atoms with Crippen LogP contribution in [0.4, 0.5) is 4.79 Å². The molecule has 108 valence electrons. The predicted octanol–water partition coefficient (Wildman–Crippen LogP) is 0.0229. The Bertz CT molecular complexity index is 466. The number of hydrogen-bond donors (Lipinski definition) is 3. The fourth-order valence-corrected chi connectivity index (χ4v) is 2.01. The second-order valence-electron chi connectivity index (χ2n) is 4.56. The van der Waals surface area contributed by atoms with Gasteiger partial charge in [-0.25, -0.2) is 4.79 Å². The monoisotopic (exact) mass is 279 g/mol. The van der Waals surface area contributed by atoms with Gasteiger partial charge in [0.15, 0.2) is 0 Å². The molecular weight excluding hydrogens is 262 g/mol. The Morgan fingerprint density at radius 2 is 2.25 bits per heavy atom. The number of ether oxygens (including phenoxy) is 1. The van der Waals surface area contributed by atoms with Crippen LogP contribution in [0.3, 0.4) is 0 Å². The number of aromatic nitrogens is 1. The quantitative estimate of drug-likeness (QED) is 0.705. The summed E-state index contributed by atoms with van der Waals surface area (Å²) in [7, 11) is 0. The number of urea groups is 1. The SMILES string of the molecule is O=C(NCCc1ccccn1)NC1COCC1C(=O)O. The molecule has 1 aromatic rings. The Kier molecular flexibility index (Phi) is 4.89. The largest absolute Gasteiger partial charge is 0.481 e. The van der Waals surface area contributed by atoms with Gasteiger partial charge in [0, 0.05) is 24.9 Å². The summed E-state index contributed by atoms with van der Waals surface area (Å²) in [5.74, 6) is -1.64. The van der Waals surface area contributed by atoms with Gasteiger partial charge in [0.2, 0.25) is 0 Å². The lowest BCUT2D eigenvalue weighted by atomic mass is 10.0. The molecule has 0 spiro atoms. The molecule has 0 radical (unpaired) electrons. The highest BCUT2D eigenvalue weighted by molar-refractivity contribution is 5.77. The van der Waals surface area contributed by atoms with E-state index in [9.17, 15) is 9.59 Å². The standard InChI is InChI=1S/C13H17N3O4/c17-12(18)10-7-20-8-11(10)16-13(19)15-6-4-9-3-1-2-5-14-9/h1-3,5,10-11H,4,6-8H2,(H,17,18)(H2,15,16,19). The molecule has 2 atom stereocenters. The van der Waals surface area contributed by atoms with Crippen molar-refractivity contribution in [3.63, 3.8) is 0 Å². The van der Waals surface area contributed by atoms with Gasteiger partial charge in [-0.2, -0.15) is 0 Å². The zero-order valence-corrected chi connectivity index (χ0v) is 10.9. The summed E-state index contributed by atoms with van der Waals surface area (Å²) in [6.45, 7) is 0.799. The van der Waals surface area contributed by atoms with Gasteiger partial charge in [0.1, 0.15) is 5.92 Å². The van der Waals surface area contributed by atoms with Crippen LogP contribution in [0.25, 0.3) is 0 Å². The molecule has 1 aromatic heterocycles. The number of carboxylic acids is 1. The number of amides is 2. The second kappa shape index (κ2) is 6.85. The van der Waals surface area contributed by atoms with Crippen molar-refractivity contribution in [2.75, 3.05) is 19.8 Å². The summed E-state index contributed by atoms with van der Waals surface area (Å²) in [6.07, 6.45) is 2.32. The third kappa shape index (κ3) is 3.92. The van der Waals surface area contributed by atoms with Gasteiger partial charge < -0.3 is 20.5 Å². The predicted molar refractivity (Wildman–Crippen MR) is 70.2 cm³/mol. The zero-order chi connectivity index (χ0) is 14.4. The molecular formula is C13H17N3O4. The van der Waals surface area contributed by atoms with E-state index in [2.05, 4.69) is 15.6 Å². The minimum absolute atomic E-state index is 0.133. The lowest BCUT2D eigenvalue weighted by Crippen LogP contribution is -2.47. The van der Waals surface area contributed by atoms with Crippen LogP contribution in [0.5, 0.6) is 0 Å². The molecule has 2 unspecified atom stereocenters. The summed E-state index contributed by atoms with van der Waals surface area (Å²) in [4.78, 5) is 26.7. The van der Waals surface area contributed by atoms with Crippen LogP contribution < -0.4 is 10.6 Å². The maximum atomic E-state index is 11.7. The average molecular weight is 279 g/mol. The van der Waals surface area contributed by atoms with Crippen LogP contribution in [0.2, 0.25) is 0 Å². The number of nitrogens with one attached hydrogen (secondary N) is 2. The number of carbonyl (C=O) groups is 2. The highest BCUT2D eigenvalue weighted by Gasteiger charge is 2.34. The maximum Gasteiger partial charge on any atom is 0.315 e. The smallest absolute Gasteiger partial charge is 0.315 e. The van der Waals surface area contributed by atoms with E-state index in [1.165, 1.54) is 0 Å². The molecule has 0 aromatic carbocycles. The molecule has 0 bridgehead atoms. The molecule has 7 heteroatoms. The number of hydrogen-bond acceptors (Lipinski definition) is 4. The third-order valence-corrected chi connectivity index (χ3v) is 3.11. The summed E-state index contributed by atoms with van der Waals surface area (Å²) in [5.41, 5.74) is 0.889. The van der Waals surface area contributed by atoms with Crippen molar-refractivity contribution in [3.8, 4) is 0 Å². The zero-order valence-electron chi connectivity index (χ0n) is 10.9. The van der Waals surface area contributed by atoms with Crippen LogP contribution in [0, 0.1) is 5.92 Å². The first-order valence-electron chi connectivity index (χ1n) is 6.41. The van der Waals surface area contributed by atoms with Crippen LogP contribution in [0.1, 0.15) is 5.69 Å². The molecule has 1 aliphatic heterocycles. The van der Waals surface area contributed by atoms with E-state index in [1.54, 1.807) is 6.20 Å². The Balaban J connectivity index is 1.71. The minimum Gasteiger partial charge on any atom is -0.481 e. The van der Waals surface area contributed by atoms with Gasteiger partial charge in [0.25, 0.3) is 0 Å². The molecule has 2 amide bonds. The number of carbonyl (C=O) groups excluding carboxylic acids is 1. The van der Waals surface area contributed by atoms with Crippen LogP contribution >= 0.6 is 0 Å². The van der Waals surface area contributed by atoms with Crippen molar-refractivity contribution in [2.45, 2.75) is 12.5 Å². The number of nitrogens with zero attached hydrogens (tertiary/aromatic N) is 1. The van der Waals surface area contributed by atoms with E-state index in [0.717, 1.165) is 5.69 Å². The van der Waals surface area contributed by atoms with Crippen LogP contribution in [-0.4, -0.2) is 47.9 Å². The lowest BCUT2D eigenvalue weighted by Gasteiger charge is -2.16. The Hall–Kier alpha value is -2.15. The van der Waals surface area contributed by atoms with E-state index in [1.807, 2.05) is 18.2 Å². The van der Waals surface area contributed by atoms with Crippen molar-refractivity contribution in [1.29, 1.82) is 0 Å². The van der Waals surface area contributed by atoms with E-state index >= 15 is 0 Å². The topological polar surface area (TPSA) is 101 Å². The molecule has 1 fully saturated rings. The normalized spacial score (nSPS) is 21.4. The van der Waals surface area contributed by atoms with Crippen molar-refractivity contribution in [2.24, 2.45) is 5.92 Å². The summed E-state index contributed by atoms with van der Waals surface area (Å²) >= 11 is 0. The van der Waals surface area contributed by atoms with Crippen molar-refractivity contribution < 1.29 is 19.4 Å². The van der Waals surface area contributed by atoms with Gasteiger partial charge in [-0.3, -0.25) is 9.78 Å². The first kappa shape index (κ1) is 14.3. The van der Waals surface area contributed by atoms with Crippen molar-refractivity contribution >= 4 is 12.0 Å². The molecule has 3 N–H and O–H groups in total. The van der Waals surface area contributed by atoms with Crippen molar-refractivity contribution in [3.05, 3.63) is 30.1 Å². The van der Waals surface area contributed by atoms with Crippen LogP contribution in [-0.2, 0) is 16.0 Å². The molecule has 0 aliphatic carbocycles. The van der Waals surface area contributed by atoms with Crippen molar-refractivity contribution in [1.82, 2.24) is 15.6 Å². The highest BCUT2D eigenvalue weighted by atomic mass is 16.5. The fraction of sp³-hybridized carbons (Fsp3) is 0.462. The van der Waals surface area contributed by atoms with E-state index < -0.39 is 17.9 Å². The summed E-state index contributed by atoms with van der Waals surface area (Å²) < 4.78 is 5.07. The lowest BCUT2D eigenvalue weighted by molar-refractivity contribution is -0.142. The number of aliphatic carboxylic acids is 1. The molecule has 1 aliphatic rings. The Morgan fingerprint density at radius 1 is 1.40 bits per heavy atom. The van der Waals surface area contributed by atoms with E-state index in [0.29, 0.717) is 13.0 Å². The Morgan fingerprint density at radius 3 is 2.95 bits per heavy atom. The first-order valence-corrected chi connectivity index (χ1v) is 6.41. The second-order valence-corrected chi connectivity index (χ2v) is 4.56. The molecule has 1 saturated heterocycles. The van der Waals surface area contributed by atoms with Gasteiger partial charge in [0.05, 0.1) is 19.3 Å². The summed E-state index contributed by atoms with van der Waals surface area (Å²) in [6, 6.07) is 4.72. The molecule has 20 heavy (non-hydrogen) atoms. The molecule has 2 heterocycles. The molecule has 2 rings (SSSR count). The number of rotatable bonds is 5. The van der Waals surface area contributed by atoms with E-state index in [-0.39, 0.29) is 19.2 Å². The summed E-state index contributed by atoms with van der Waals surface area (Å²) in [5, 5.41) is 14.3. The van der Waals surface area contributed by atoms with Gasteiger partial charge in [-0.15, -0.1) is 0 Å². The molecule has 7 nitrogen and oxygen atoms in total. The molecule has 0 saturated carbocycles. The number of pyridine rings is 1. The minimum atomic E-state index is -0.957. The van der Waals surface area contributed by atoms with E-state index in [4.69, 9.17) is 9.84 Å². The third-order valence-electron chi connectivity index (χ3n) is 3.11. The van der Waals surface area contributed by atoms with Gasteiger partial charge in [-0.1, -0.05) is 6.07 Å². The Labute approximate surface area is 116 Å². The maximum absolute atomic E-state index is 11.7. The average Bonchev–Trinajstić information content (AvgIpc) is 2.88. The number of carboxylic acid groups (broad SMARTS) is 1.